The van der Waals surface area contributed by atoms with Crippen molar-refractivity contribution < 1.29 is 18.0 Å². The fourth-order valence-corrected chi connectivity index (χ4v) is 4.95. The molecule has 9 heteroatoms. The summed E-state index contributed by atoms with van der Waals surface area (Å²) in [6, 6.07) is 15.9. The van der Waals surface area contributed by atoms with Gasteiger partial charge in [0.15, 0.2) is 0 Å². The maximum absolute atomic E-state index is 13.1. The first-order valence-corrected chi connectivity index (χ1v) is 13.0. The summed E-state index contributed by atoms with van der Waals surface area (Å²) in [5.74, 6) is -0.888. The Morgan fingerprint density at radius 1 is 0.943 bits per heavy atom. The second-order valence-electron chi connectivity index (χ2n) is 8.28. The molecule has 0 aliphatic heterocycles. The topological polar surface area (TPSA) is 104 Å². The molecule has 3 aromatic carbocycles. The van der Waals surface area contributed by atoms with Gasteiger partial charge in [0.1, 0.15) is 4.90 Å². The summed E-state index contributed by atoms with van der Waals surface area (Å²) in [6.07, 6.45) is 0.762. The number of para-hydroxylation sites is 1. The number of halogens is 1. The minimum absolute atomic E-state index is 0.0207. The highest BCUT2D eigenvalue weighted by Crippen LogP contribution is 2.28. The lowest BCUT2D eigenvalue weighted by molar-refractivity contribution is 0.0940. The predicted octanol–water partition coefficient (Wildman–Crippen LogP) is 5.54. The van der Waals surface area contributed by atoms with Crippen LogP contribution in [-0.2, 0) is 10.0 Å². The van der Waals surface area contributed by atoms with Crippen molar-refractivity contribution in [3.05, 3.63) is 87.9 Å². The molecule has 0 spiro atoms. The Hall–Kier alpha value is -3.36. The zero-order valence-corrected chi connectivity index (χ0v) is 21.5. The summed E-state index contributed by atoms with van der Waals surface area (Å²) < 4.78 is 28.8. The summed E-state index contributed by atoms with van der Waals surface area (Å²) >= 11 is 6.21. The summed E-state index contributed by atoms with van der Waals surface area (Å²) in [5, 5.41) is 5.56. The highest BCUT2D eigenvalue weighted by molar-refractivity contribution is 7.92. The first kappa shape index (κ1) is 26.2. The van der Waals surface area contributed by atoms with Crippen molar-refractivity contribution in [1.82, 2.24) is 5.32 Å². The molecule has 3 rings (SSSR count). The predicted molar refractivity (Wildman–Crippen MR) is 140 cm³/mol. The van der Waals surface area contributed by atoms with Gasteiger partial charge < -0.3 is 10.6 Å². The number of amides is 2. The van der Waals surface area contributed by atoms with Crippen LogP contribution in [0.15, 0.2) is 65.6 Å². The third kappa shape index (κ3) is 6.21. The molecule has 0 aliphatic carbocycles. The Bertz CT molecular complexity index is 1370. The molecule has 0 saturated heterocycles. The SMILES string of the molecule is CC[C@H](C)NC(=O)c1ccccc1NC(=O)c1ccc(Cl)c(S(=O)(=O)Nc2cccc(C)c2C)c1. The lowest BCUT2D eigenvalue weighted by atomic mass is 10.1. The number of nitrogens with one attached hydrogen (secondary N) is 3. The maximum atomic E-state index is 13.1. The molecule has 0 bridgehead atoms. The number of benzene rings is 3. The van der Waals surface area contributed by atoms with Crippen LogP contribution in [0, 0.1) is 13.8 Å². The Morgan fingerprint density at radius 2 is 1.63 bits per heavy atom. The highest BCUT2D eigenvalue weighted by Gasteiger charge is 2.22. The van der Waals surface area contributed by atoms with E-state index in [9.17, 15) is 18.0 Å². The Labute approximate surface area is 211 Å². The van der Waals surface area contributed by atoms with Crippen LogP contribution in [0.4, 0.5) is 11.4 Å². The smallest absolute Gasteiger partial charge is 0.263 e. The number of carbonyl (C=O) groups excluding carboxylic acids is 2. The van der Waals surface area contributed by atoms with Crippen molar-refractivity contribution in [3.8, 4) is 0 Å². The molecule has 0 aliphatic rings. The molecule has 7 nitrogen and oxygen atoms in total. The Morgan fingerprint density at radius 3 is 2.34 bits per heavy atom. The second-order valence-corrected chi connectivity index (χ2v) is 10.3. The van der Waals surface area contributed by atoms with Gasteiger partial charge in [0, 0.05) is 11.6 Å². The van der Waals surface area contributed by atoms with Crippen molar-refractivity contribution in [3.63, 3.8) is 0 Å². The largest absolute Gasteiger partial charge is 0.350 e. The van der Waals surface area contributed by atoms with Gasteiger partial charge in [0.25, 0.3) is 21.8 Å². The molecular weight excluding hydrogens is 486 g/mol. The molecular formula is C26H28ClN3O4S. The fourth-order valence-electron chi connectivity index (χ4n) is 3.30. The van der Waals surface area contributed by atoms with E-state index in [1.807, 2.05) is 33.8 Å². The maximum Gasteiger partial charge on any atom is 0.263 e. The van der Waals surface area contributed by atoms with Crippen LogP contribution in [0.1, 0.15) is 52.1 Å². The van der Waals surface area contributed by atoms with Crippen LogP contribution in [0.5, 0.6) is 0 Å². The molecule has 2 amide bonds. The summed E-state index contributed by atoms with van der Waals surface area (Å²) in [5.41, 5.74) is 2.84. The van der Waals surface area contributed by atoms with Gasteiger partial charge in [0.2, 0.25) is 0 Å². The summed E-state index contributed by atoms with van der Waals surface area (Å²) in [6.45, 7) is 7.54. The molecule has 1 atom stereocenters. The zero-order chi connectivity index (χ0) is 25.8. The van der Waals surface area contributed by atoms with Crippen LogP contribution in [-0.4, -0.2) is 26.3 Å². The zero-order valence-electron chi connectivity index (χ0n) is 20.0. The number of aryl methyl sites for hydroxylation is 1. The van der Waals surface area contributed by atoms with Crippen molar-refractivity contribution in [1.29, 1.82) is 0 Å². The molecule has 0 aromatic heterocycles. The average molecular weight is 514 g/mol. The van der Waals surface area contributed by atoms with E-state index in [0.29, 0.717) is 16.9 Å². The lowest BCUT2D eigenvalue weighted by Crippen LogP contribution is -2.32. The number of hydrogen-bond donors (Lipinski definition) is 3. The van der Waals surface area contributed by atoms with Crippen LogP contribution in [0.25, 0.3) is 0 Å². The van der Waals surface area contributed by atoms with Gasteiger partial charge >= 0.3 is 0 Å². The van der Waals surface area contributed by atoms with Crippen molar-refractivity contribution in [2.45, 2.75) is 45.1 Å². The average Bonchev–Trinajstić information content (AvgIpc) is 2.82. The van der Waals surface area contributed by atoms with Crippen molar-refractivity contribution in [2.75, 3.05) is 10.0 Å². The monoisotopic (exact) mass is 513 g/mol. The van der Waals surface area contributed by atoms with Gasteiger partial charge in [-0.25, -0.2) is 8.42 Å². The minimum atomic E-state index is -4.08. The van der Waals surface area contributed by atoms with E-state index in [4.69, 9.17) is 11.6 Å². The third-order valence-corrected chi connectivity index (χ3v) is 7.59. The number of sulfonamides is 1. The quantitative estimate of drug-likeness (QED) is 0.368. The van der Waals surface area contributed by atoms with E-state index < -0.39 is 15.9 Å². The van der Waals surface area contributed by atoms with Gasteiger partial charge in [-0.3, -0.25) is 14.3 Å². The van der Waals surface area contributed by atoms with Gasteiger partial charge in [0.05, 0.1) is 22.0 Å². The van der Waals surface area contributed by atoms with E-state index in [1.54, 1.807) is 36.4 Å². The van der Waals surface area contributed by atoms with Gasteiger partial charge in [-0.2, -0.15) is 0 Å². The molecule has 0 saturated carbocycles. The lowest BCUT2D eigenvalue weighted by Gasteiger charge is -2.15. The second kappa shape index (κ2) is 10.9. The molecule has 3 N–H and O–H groups in total. The number of rotatable bonds is 8. The molecule has 35 heavy (non-hydrogen) atoms. The highest BCUT2D eigenvalue weighted by atomic mass is 35.5. The molecule has 0 heterocycles. The Kier molecular flexibility index (Phi) is 8.19. The standard InChI is InChI=1S/C26H28ClN3O4S/c1-5-17(3)28-26(32)20-10-6-7-11-23(20)29-25(31)19-13-14-21(27)24(15-19)35(33,34)30-22-12-8-9-16(2)18(22)4/h6-15,17,30H,5H2,1-4H3,(H,28,32)(H,29,31)/t17-/m0/s1. The summed E-state index contributed by atoms with van der Waals surface area (Å²) in [7, 11) is -4.08. The third-order valence-electron chi connectivity index (χ3n) is 5.74. The van der Waals surface area contributed by atoms with Crippen LogP contribution in [0.3, 0.4) is 0 Å². The van der Waals surface area contributed by atoms with E-state index >= 15 is 0 Å². The first-order chi connectivity index (χ1) is 16.5. The molecule has 0 unspecified atom stereocenters. The van der Waals surface area contributed by atoms with Gasteiger partial charge in [-0.15, -0.1) is 0 Å². The van der Waals surface area contributed by atoms with Crippen LogP contribution in [0.2, 0.25) is 5.02 Å². The minimum Gasteiger partial charge on any atom is -0.350 e. The van der Waals surface area contributed by atoms with E-state index in [1.165, 1.54) is 18.2 Å². The van der Waals surface area contributed by atoms with Crippen LogP contribution < -0.4 is 15.4 Å². The summed E-state index contributed by atoms with van der Waals surface area (Å²) in [4.78, 5) is 25.4. The van der Waals surface area contributed by atoms with Crippen molar-refractivity contribution >= 4 is 44.8 Å². The van der Waals surface area contributed by atoms with Crippen molar-refractivity contribution in [2.24, 2.45) is 0 Å². The van der Waals surface area contributed by atoms with Gasteiger partial charge in [-0.05, 0) is 74.7 Å². The van der Waals surface area contributed by atoms with Gasteiger partial charge in [-0.1, -0.05) is 42.8 Å². The van der Waals surface area contributed by atoms with E-state index in [2.05, 4.69) is 15.4 Å². The fraction of sp³-hybridized carbons (Fsp3) is 0.231. The molecule has 184 valence electrons. The molecule has 3 aromatic rings. The molecule has 0 fully saturated rings. The number of hydrogen-bond acceptors (Lipinski definition) is 4. The molecule has 0 radical (unpaired) electrons. The van der Waals surface area contributed by atoms with E-state index in [-0.39, 0.29) is 27.4 Å². The van der Waals surface area contributed by atoms with E-state index in [0.717, 1.165) is 17.5 Å². The number of anilines is 2. The first-order valence-electron chi connectivity index (χ1n) is 11.1. The Balaban J connectivity index is 1.89. The number of carbonyl (C=O) groups is 2. The van der Waals surface area contributed by atoms with Crippen LogP contribution >= 0.6 is 11.6 Å². The normalized spacial score (nSPS) is 12.0.